The molecule has 0 aromatic carbocycles. The fourth-order valence-corrected chi connectivity index (χ4v) is 7.78. The second-order valence-corrected chi connectivity index (χ2v) is 10.7. The molecule has 0 unspecified atom stereocenters. The number of carbonyl (C=O) groups is 4. The summed E-state index contributed by atoms with van der Waals surface area (Å²) in [5.41, 5.74) is -1.74. The van der Waals surface area contributed by atoms with Crippen molar-refractivity contribution in [1.29, 1.82) is 0 Å². The fraction of sp³-hybridized carbons (Fsp3) is 0.615. The van der Waals surface area contributed by atoms with E-state index in [2.05, 4.69) is 6.92 Å². The molecular weight excluding hydrogens is 424 g/mol. The highest BCUT2D eigenvalue weighted by Gasteiger charge is 2.70. The highest BCUT2D eigenvalue weighted by Crippen LogP contribution is 2.67. The Balaban J connectivity index is 1.54. The molecule has 7 nitrogen and oxygen atoms in total. The highest BCUT2D eigenvalue weighted by molar-refractivity contribution is 5.97. The van der Waals surface area contributed by atoms with E-state index in [0.29, 0.717) is 19.3 Å². The molecule has 5 rings (SSSR count). The second kappa shape index (κ2) is 7.49. The minimum Gasteiger partial charge on any atom is -0.457 e. The van der Waals surface area contributed by atoms with E-state index in [1.165, 1.54) is 12.3 Å². The van der Waals surface area contributed by atoms with Crippen molar-refractivity contribution >= 4 is 23.3 Å². The van der Waals surface area contributed by atoms with E-state index in [1.54, 1.807) is 12.1 Å². The Morgan fingerprint density at radius 2 is 1.97 bits per heavy atom. The molecule has 0 saturated heterocycles. The first-order chi connectivity index (χ1) is 15.7. The van der Waals surface area contributed by atoms with Crippen LogP contribution in [0.15, 0.2) is 34.5 Å². The van der Waals surface area contributed by atoms with Crippen LogP contribution in [-0.4, -0.2) is 40.6 Å². The van der Waals surface area contributed by atoms with Crippen LogP contribution in [0.5, 0.6) is 0 Å². The van der Waals surface area contributed by atoms with Crippen LogP contribution in [0.1, 0.15) is 69.3 Å². The Hall–Kier alpha value is -2.54. The Bertz CT molecular complexity index is 1050. The van der Waals surface area contributed by atoms with Gasteiger partial charge in [-0.2, -0.15) is 0 Å². The molecule has 6 atom stereocenters. The fourth-order valence-electron chi connectivity index (χ4n) is 7.78. The van der Waals surface area contributed by atoms with Crippen molar-refractivity contribution in [3.63, 3.8) is 0 Å². The number of ketones is 3. The van der Waals surface area contributed by atoms with Crippen LogP contribution in [-0.2, 0) is 19.1 Å². The van der Waals surface area contributed by atoms with Gasteiger partial charge in [-0.1, -0.05) is 19.4 Å². The van der Waals surface area contributed by atoms with E-state index < -0.39 is 29.4 Å². The highest BCUT2D eigenvalue weighted by atomic mass is 16.6. The Kier molecular flexibility index (Phi) is 5.05. The number of carbonyl (C=O) groups excluding carboxylic acids is 4. The van der Waals surface area contributed by atoms with Crippen LogP contribution >= 0.6 is 0 Å². The van der Waals surface area contributed by atoms with E-state index in [9.17, 15) is 24.3 Å². The van der Waals surface area contributed by atoms with Crippen LogP contribution in [0.4, 0.5) is 0 Å². The summed E-state index contributed by atoms with van der Waals surface area (Å²) in [5, 5.41) is 9.84. The largest absolute Gasteiger partial charge is 0.457 e. The molecule has 0 radical (unpaired) electrons. The van der Waals surface area contributed by atoms with Crippen molar-refractivity contribution in [3.05, 3.63) is 35.8 Å². The Morgan fingerprint density at radius 3 is 2.67 bits per heavy atom. The van der Waals surface area contributed by atoms with Crippen molar-refractivity contribution in [2.45, 2.75) is 64.4 Å². The molecule has 7 heteroatoms. The average molecular weight is 455 g/mol. The van der Waals surface area contributed by atoms with Gasteiger partial charge in [0.1, 0.15) is 12.4 Å². The predicted molar refractivity (Wildman–Crippen MR) is 116 cm³/mol. The van der Waals surface area contributed by atoms with E-state index >= 15 is 0 Å². The summed E-state index contributed by atoms with van der Waals surface area (Å²) >= 11 is 0. The lowest BCUT2D eigenvalue weighted by atomic mass is 9.46. The third-order valence-corrected chi connectivity index (χ3v) is 9.36. The summed E-state index contributed by atoms with van der Waals surface area (Å²) < 4.78 is 11.1. The van der Waals surface area contributed by atoms with Crippen molar-refractivity contribution in [3.8, 4) is 0 Å². The number of aliphatic hydroxyl groups excluding tert-OH is 1. The Labute approximate surface area is 192 Å². The number of allylic oxidation sites excluding steroid dienone is 1. The first-order valence-electron chi connectivity index (χ1n) is 11.8. The Morgan fingerprint density at radius 1 is 1.18 bits per heavy atom. The van der Waals surface area contributed by atoms with Gasteiger partial charge in [-0.15, -0.1) is 0 Å². The summed E-state index contributed by atoms with van der Waals surface area (Å²) in [6.45, 7) is 3.23. The molecule has 4 aliphatic carbocycles. The minimum absolute atomic E-state index is 0.00361. The summed E-state index contributed by atoms with van der Waals surface area (Å²) in [6, 6.07) is 3.03. The second-order valence-electron chi connectivity index (χ2n) is 10.7. The summed E-state index contributed by atoms with van der Waals surface area (Å²) in [7, 11) is 0. The number of fused-ring (bicyclic) bond motifs is 5. The maximum atomic E-state index is 13.8. The van der Waals surface area contributed by atoms with Gasteiger partial charge in [0.2, 0.25) is 11.5 Å². The standard InChI is InChI=1S/C26H30O7/c1-24-9-7-16(28)12-15(24)5-6-17-18-8-10-26(21(30)14-27,25(18,2)13-19(29)22(17)24)33-23(31)20-4-3-11-32-20/h3-4,11-12,17-18,22,27H,5-10,13-14H2,1-2H3/t17-,18-,22+,24-,25-,26-/m0/s1. The number of furan rings is 1. The van der Waals surface area contributed by atoms with E-state index in [4.69, 9.17) is 9.15 Å². The summed E-state index contributed by atoms with van der Waals surface area (Å²) in [6.07, 6.45) is 6.76. The van der Waals surface area contributed by atoms with E-state index in [-0.39, 0.29) is 53.3 Å². The third-order valence-electron chi connectivity index (χ3n) is 9.36. The van der Waals surface area contributed by atoms with Gasteiger partial charge in [0.25, 0.3) is 0 Å². The van der Waals surface area contributed by atoms with E-state index in [1.807, 2.05) is 6.92 Å². The van der Waals surface area contributed by atoms with Crippen molar-refractivity contribution in [2.24, 2.45) is 28.6 Å². The molecule has 0 amide bonds. The number of hydrogen-bond acceptors (Lipinski definition) is 7. The minimum atomic E-state index is -1.57. The number of hydrogen-bond donors (Lipinski definition) is 1. The third kappa shape index (κ3) is 2.97. The van der Waals surface area contributed by atoms with Gasteiger partial charge in [-0.05, 0) is 67.6 Å². The van der Waals surface area contributed by atoms with Gasteiger partial charge in [0, 0.05) is 24.2 Å². The quantitative estimate of drug-likeness (QED) is 0.694. The van der Waals surface area contributed by atoms with E-state index in [0.717, 1.165) is 18.4 Å². The predicted octanol–water partition coefficient (Wildman–Crippen LogP) is 3.45. The smallest absolute Gasteiger partial charge is 0.375 e. The number of aliphatic hydroxyl groups is 1. The molecule has 1 heterocycles. The number of rotatable bonds is 4. The maximum Gasteiger partial charge on any atom is 0.375 e. The lowest BCUT2D eigenvalue weighted by molar-refractivity contribution is -0.171. The average Bonchev–Trinajstić information content (AvgIpc) is 3.41. The van der Waals surface area contributed by atoms with Gasteiger partial charge in [-0.25, -0.2) is 4.79 Å². The maximum absolute atomic E-state index is 13.8. The lowest BCUT2D eigenvalue weighted by Crippen LogP contribution is -2.62. The lowest BCUT2D eigenvalue weighted by Gasteiger charge is -2.58. The van der Waals surface area contributed by atoms with Gasteiger partial charge in [0.05, 0.1) is 6.26 Å². The molecular formula is C26H30O7. The molecule has 0 aliphatic heterocycles. The van der Waals surface area contributed by atoms with Crippen LogP contribution in [0.25, 0.3) is 0 Å². The molecule has 3 saturated carbocycles. The molecule has 3 fully saturated rings. The van der Waals surface area contributed by atoms with Gasteiger partial charge >= 0.3 is 5.97 Å². The van der Waals surface area contributed by atoms with Gasteiger partial charge in [-0.3, -0.25) is 14.4 Å². The number of esters is 1. The van der Waals surface area contributed by atoms with Crippen LogP contribution in [0.2, 0.25) is 0 Å². The van der Waals surface area contributed by atoms with Crippen molar-refractivity contribution in [2.75, 3.05) is 6.61 Å². The zero-order chi connectivity index (χ0) is 23.6. The monoisotopic (exact) mass is 454 g/mol. The normalized spacial score (nSPS) is 39.8. The first-order valence-corrected chi connectivity index (χ1v) is 11.8. The SMILES string of the molecule is C[C@]12CCC(=O)C=C1CC[C@@H]1[C@@H]2C(=O)C[C@@]2(C)[C@H]1CC[C@]2(OC(=O)c1ccco1)C(=O)CO. The van der Waals surface area contributed by atoms with Gasteiger partial charge in [0.15, 0.2) is 11.4 Å². The molecule has 1 aromatic rings. The number of ether oxygens (including phenoxy) is 1. The van der Waals surface area contributed by atoms with Gasteiger partial charge < -0.3 is 14.3 Å². The summed E-state index contributed by atoms with van der Waals surface area (Å²) in [5.74, 6) is -1.31. The van der Waals surface area contributed by atoms with Crippen LogP contribution in [0, 0.1) is 28.6 Å². The number of Topliss-reactive ketones (excluding diaryl/α,β-unsaturated/α-hetero) is 2. The molecule has 176 valence electrons. The topological polar surface area (TPSA) is 111 Å². The molecule has 4 aliphatic rings. The summed E-state index contributed by atoms with van der Waals surface area (Å²) in [4.78, 5) is 51.9. The first kappa shape index (κ1) is 22.3. The van der Waals surface area contributed by atoms with Crippen LogP contribution < -0.4 is 0 Å². The zero-order valence-electron chi connectivity index (χ0n) is 19.1. The van der Waals surface area contributed by atoms with Crippen molar-refractivity contribution in [1.82, 2.24) is 0 Å². The zero-order valence-corrected chi connectivity index (χ0v) is 19.1. The molecule has 1 aromatic heterocycles. The molecule has 0 spiro atoms. The van der Waals surface area contributed by atoms with Crippen LogP contribution in [0.3, 0.4) is 0 Å². The molecule has 1 N–H and O–H groups in total. The van der Waals surface area contributed by atoms with Crippen molar-refractivity contribution < 1.29 is 33.4 Å². The molecule has 33 heavy (non-hydrogen) atoms. The molecule has 0 bridgehead atoms.